The van der Waals surface area contributed by atoms with Crippen molar-refractivity contribution in [3.8, 4) is 0 Å². The molecule has 0 saturated carbocycles. The van der Waals surface area contributed by atoms with Gasteiger partial charge in [-0.1, -0.05) is 0 Å². The van der Waals surface area contributed by atoms with Crippen LogP contribution in [0.4, 0.5) is 17.6 Å². The average molecular weight is 288 g/mol. The molecule has 0 heterocycles. The van der Waals surface area contributed by atoms with E-state index in [1.54, 1.807) is 0 Å². The van der Waals surface area contributed by atoms with Crippen LogP contribution in [0.3, 0.4) is 0 Å². The quantitative estimate of drug-likeness (QED) is 0.393. The Morgan fingerprint density at radius 1 is 0.550 bits per heavy atom. The SMILES string of the molecule is NC1(N)C=C(F)C(=C2C(F)=CC(N)(N)C=C2F)C(F)=C1. The molecule has 4 nitrogen and oxygen atoms in total. The second-order valence-electron chi connectivity index (χ2n) is 4.72. The average Bonchev–Trinajstić information content (AvgIpc) is 2.17. The highest BCUT2D eigenvalue weighted by molar-refractivity contribution is 5.61. The summed E-state index contributed by atoms with van der Waals surface area (Å²) in [5.74, 6) is -5.12. The van der Waals surface area contributed by atoms with E-state index in [-0.39, 0.29) is 0 Å². The Bertz CT molecular complexity index is 521. The van der Waals surface area contributed by atoms with Crippen molar-refractivity contribution < 1.29 is 17.6 Å². The summed E-state index contributed by atoms with van der Waals surface area (Å²) in [7, 11) is 0. The number of allylic oxidation sites excluding steroid dienone is 6. The third-order valence-corrected chi connectivity index (χ3v) is 2.71. The summed E-state index contributed by atoms with van der Waals surface area (Å²) >= 11 is 0. The van der Waals surface area contributed by atoms with Gasteiger partial charge in [0.15, 0.2) is 0 Å². The summed E-state index contributed by atoms with van der Waals surface area (Å²) in [6, 6.07) is 0. The van der Waals surface area contributed by atoms with Gasteiger partial charge in [-0.05, 0) is 24.3 Å². The first-order valence-electron chi connectivity index (χ1n) is 5.47. The highest BCUT2D eigenvalue weighted by Crippen LogP contribution is 2.40. The van der Waals surface area contributed by atoms with Crippen LogP contribution in [0.25, 0.3) is 0 Å². The summed E-state index contributed by atoms with van der Waals surface area (Å²) < 4.78 is 55.3. The lowest BCUT2D eigenvalue weighted by molar-refractivity contribution is 0.515. The zero-order chi connectivity index (χ0) is 15.3. The van der Waals surface area contributed by atoms with Gasteiger partial charge in [0.25, 0.3) is 0 Å². The predicted molar refractivity (Wildman–Crippen MR) is 66.0 cm³/mol. The van der Waals surface area contributed by atoms with Crippen molar-refractivity contribution in [2.24, 2.45) is 22.9 Å². The zero-order valence-corrected chi connectivity index (χ0v) is 10.1. The second-order valence-corrected chi connectivity index (χ2v) is 4.72. The van der Waals surface area contributed by atoms with Crippen molar-refractivity contribution in [2.75, 3.05) is 0 Å². The first-order chi connectivity index (χ1) is 9.02. The summed E-state index contributed by atoms with van der Waals surface area (Å²) in [5, 5.41) is 0. The van der Waals surface area contributed by atoms with Gasteiger partial charge in [0.05, 0.1) is 11.1 Å². The molecule has 2 aliphatic carbocycles. The molecule has 0 amide bonds. The van der Waals surface area contributed by atoms with Crippen LogP contribution in [0.15, 0.2) is 58.8 Å². The molecule has 2 rings (SSSR count). The number of hydrogen-bond donors (Lipinski definition) is 4. The molecule has 0 aromatic heterocycles. The van der Waals surface area contributed by atoms with Gasteiger partial charge in [0.1, 0.15) is 34.6 Å². The Morgan fingerprint density at radius 3 is 0.950 bits per heavy atom. The smallest absolute Gasteiger partial charge is 0.133 e. The molecule has 0 atom stereocenters. The van der Waals surface area contributed by atoms with Gasteiger partial charge in [-0.15, -0.1) is 0 Å². The lowest BCUT2D eigenvalue weighted by Gasteiger charge is -2.26. The van der Waals surface area contributed by atoms with Crippen molar-refractivity contribution in [3.63, 3.8) is 0 Å². The van der Waals surface area contributed by atoms with E-state index >= 15 is 0 Å². The lowest BCUT2D eigenvalue weighted by Crippen LogP contribution is -2.47. The molecular formula is C12H12F4N4. The molecule has 0 saturated heterocycles. The highest BCUT2D eigenvalue weighted by Gasteiger charge is 2.34. The molecule has 0 aromatic carbocycles. The van der Waals surface area contributed by atoms with Crippen molar-refractivity contribution in [1.29, 1.82) is 0 Å². The molecule has 0 fully saturated rings. The van der Waals surface area contributed by atoms with Crippen LogP contribution in [0.5, 0.6) is 0 Å². The van der Waals surface area contributed by atoms with E-state index in [2.05, 4.69) is 0 Å². The van der Waals surface area contributed by atoms with Crippen LogP contribution >= 0.6 is 0 Å². The van der Waals surface area contributed by atoms with Crippen molar-refractivity contribution >= 4 is 0 Å². The van der Waals surface area contributed by atoms with E-state index in [1.807, 2.05) is 0 Å². The number of nitrogens with two attached hydrogens (primary N) is 4. The standard InChI is InChI=1S/C12H12F4N4/c13-5-1-11(17,18)2-6(14)9(5)10-7(15)3-12(19,20)4-8(10)16/h1-4H,17-20H2. The van der Waals surface area contributed by atoms with Gasteiger partial charge in [0.2, 0.25) is 0 Å². The monoisotopic (exact) mass is 288 g/mol. The topological polar surface area (TPSA) is 104 Å². The predicted octanol–water partition coefficient (Wildman–Crippen LogP) is 0.951. The Balaban J connectivity index is 2.66. The molecule has 0 aromatic rings. The minimum atomic E-state index is -1.88. The third-order valence-electron chi connectivity index (χ3n) is 2.71. The normalized spacial score (nSPS) is 24.8. The van der Waals surface area contributed by atoms with Gasteiger partial charge < -0.3 is 22.9 Å². The first kappa shape index (κ1) is 14.7. The summed E-state index contributed by atoms with van der Waals surface area (Å²) in [6.45, 7) is 0. The van der Waals surface area contributed by atoms with E-state index in [1.165, 1.54) is 0 Å². The highest BCUT2D eigenvalue weighted by atomic mass is 19.2. The minimum Gasteiger partial charge on any atom is -0.307 e. The summed E-state index contributed by atoms with van der Waals surface area (Å²) in [6.07, 6.45) is 2.58. The van der Waals surface area contributed by atoms with E-state index in [4.69, 9.17) is 22.9 Å². The fraction of sp³-hybridized carbons (Fsp3) is 0.167. The van der Waals surface area contributed by atoms with E-state index in [9.17, 15) is 17.6 Å². The maximum atomic E-state index is 13.8. The van der Waals surface area contributed by atoms with E-state index < -0.39 is 45.8 Å². The maximum absolute atomic E-state index is 13.8. The fourth-order valence-corrected chi connectivity index (χ4v) is 1.96. The molecule has 20 heavy (non-hydrogen) atoms. The lowest BCUT2D eigenvalue weighted by atomic mass is 9.90. The molecule has 0 bridgehead atoms. The third kappa shape index (κ3) is 2.59. The second kappa shape index (κ2) is 4.38. The van der Waals surface area contributed by atoms with Crippen LogP contribution in [0, 0.1) is 0 Å². The summed E-state index contributed by atoms with van der Waals surface area (Å²) in [5.41, 5.74) is 15.7. The molecule has 0 spiro atoms. The van der Waals surface area contributed by atoms with Gasteiger partial charge in [-0.2, -0.15) is 0 Å². The zero-order valence-electron chi connectivity index (χ0n) is 10.1. The minimum absolute atomic E-state index is 0.645. The van der Waals surface area contributed by atoms with Crippen molar-refractivity contribution in [3.05, 3.63) is 58.8 Å². The molecule has 8 N–H and O–H groups in total. The van der Waals surface area contributed by atoms with Gasteiger partial charge in [0, 0.05) is 0 Å². The van der Waals surface area contributed by atoms with E-state index in [0.29, 0.717) is 24.3 Å². The number of halogens is 4. The molecule has 108 valence electrons. The Labute approximate surface area is 111 Å². The Hall–Kier alpha value is -1.74. The Morgan fingerprint density at radius 2 is 0.750 bits per heavy atom. The number of rotatable bonds is 0. The van der Waals surface area contributed by atoms with Crippen molar-refractivity contribution in [1.82, 2.24) is 0 Å². The largest absolute Gasteiger partial charge is 0.307 e. The molecule has 0 unspecified atom stereocenters. The molecule has 0 radical (unpaired) electrons. The first-order valence-corrected chi connectivity index (χ1v) is 5.47. The van der Waals surface area contributed by atoms with Crippen LogP contribution in [0.2, 0.25) is 0 Å². The van der Waals surface area contributed by atoms with Crippen LogP contribution < -0.4 is 22.9 Å². The van der Waals surface area contributed by atoms with Crippen molar-refractivity contribution in [2.45, 2.75) is 11.3 Å². The van der Waals surface area contributed by atoms with Gasteiger partial charge in [-0.25, -0.2) is 17.6 Å². The van der Waals surface area contributed by atoms with Gasteiger partial charge >= 0.3 is 0 Å². The maximum Gasteiger partial charge on any atom is 0.133 e. The fourth-order valence-electron chi connectivity index (χ4n) is 1.96. The molecular weight excluding hydrogens is 276 g/mol. The van der Waals surface area contributed by atoms with E-state index in [0.717, 1.165) is 0 Å². The van der Waals surface area contributed by atoms with Crippen LogP contribution in [0.1, 0.15) is 0 Å². The summed E-state index contributed by atoms with van der Waals surface area (Å²) in [4.78, 5) is 0. The Kier molecular flexibility index (Phi) is 3.22. The molecule has 8 heteroatoms. The number of hydrogen-bond acceptors (Lipinski definition) is 4. The molecule has 0 aliphatic heterocycles. The van der Waals surface area contributed by atoms with Crippen LogP contribution in [-0.4, -0.2) is 11.3 Å². The molecule has 2 aliphatic rings. The van der Waals surface area contributed by atoms with Gasteiger partial charge in [-0.3, -0.25) is 0 Å². The van der Waals surface area contributed by atoms with Crippen LogP contribution in [-0.2, 0) is 0 Å².